The van der Waals surface area contributed by atoms with Crippen LogP contribution in [0.2, 0.25) is 0 Å². The largest absolute Gasteiger partial charge is 0.466 e. The molecule has 0 bridgehead atoms. The topological polar surface area (TPSA) is 26.3 Å². The number of esters is 1. The lowest BCUT2D eigenvalue weighted by Crippen LogP contribution is -2.20. The highest BCUT2D eigenvalue weighted by molar-refractivity contribution is 5.83. The zero-order chi connectivity index (χ0) is 17.5. The van der Waals surface area contributed by atoms with E-state index in [2.05, 4.69) is 38.5 Å². The Morgan fingerprint density at radius 2 is 2.00 bits per heavy atom. The maximum absolute atomic E-state index is 11.1. The Kier molecular flexibility index (Phi) is 7.54. The molecule has 0 amide bonds. The van der Waals surface area contributed by atoms with Gasteiger partial charge in [0.05, 0.1) is 7.11 Å². The van der Waals surface area contributed by atoms with Gasteiger partial charge in [-0.25, -0.2) is 4.79 Å². The molecule has 0 aromatic rings. The smallest absolute Gasteiger partial charge is 0.330 e. The van der Waals surface area contributed by atoms with Gasteiger partial charge in [-0.15, -0.1) is 0 Å². The monoisotopic (exact) mass is 316 g/mol. The maximum atomic E-state index is 11.1. The summed E-state index contributed by atoms with van der Waals surface area (Å²) in [4.78, 5) is 11.1. The Balaban J connectivity index is 2.61. The summed E-state index contributed by atoms with van der Waals surface area (Å²) in [6.45, 7) is 11.1. The molecule has 0 aliphatic heterocycles. The van der Waals surface area contributed by atoms with Gasteiger partial charge < -0.3 is 4.74 Å². The van der Waals surface area contributed by atoms with Crippen molar-refractivity contribution < 1.29 is 9.53 Å². The molecule has 0 aromatic carbocycles. The predicted octanol–water partition coefficient (Wildman–Crippen LogP) is 5.92. The van der Waals surface area contributed by atoms with Gasteiger partial charge >= 0.3 is 5.97 Å². The maximum Gasteiger partial charge on any atom is 0.330 e. The first-order chi connectivity index (χ1) is 10.8. The minimum atomic E-state index is -0.310. The second kappa shape index (κ2) is 8.90. The Morgan fingerprint density at radius 3 is 2.61 bits per heavy atom. The van der Waals surface area contributed by atoms with E-state index < -0.39 is 0 Å². The van der Waals surface area contributed by atoms with Crippen molar-refractivity contribution in [3.8, 4) is 0 Å². The molecule has 1 rings (SSSR count). The van der Waals surface area contributed by atoms with Crippen LogP contribution in [-0.4, -0.2) is 13.1 Å². The molecule has 128 valence electrons. The fraction of sp³-hybridized carbons (Fsp3) is 0.571. The molecule has 0 radical (unpaired) electrons. The first kappa shape index (κ1) is 19.5. The number of rotatable bonds is 6. The van der Waals surface area contributed by atoms with Crippen LogP contribution in [0.25, 0.3) is 0 Å². The van der Waals surface area contributed by atoms with Crippen molar-refractivity contribution in [3.63, 3.8) is 0 Å². The Bertz CT molecular complexity index is 542. The number of hydrogen-bond donors (Lipinski definition) is 0. The molecule has 2 nitrogen and oxygen atoms in total. The van der Waals surface area contributed by atoms with Gasteiger partial charge in [-0.2, -0.15) is 0 Å². The average Bonchev–Trinajstić information content (AvgIpc) is 2.45. The van der Waals surface area contributed by atoms with Crippen LogP contribution in [0.3, 0.4) is 0 Å². The molecule has 1 aliphatic carbocycles. The second-order valence-corrected chi connectivity index (χ2v) is 7.28. The third-order valence-electron chi connectivity index (χ3n) is 4.74. The van der Waals surface area contributed by atoms with Crippen LogP contribution in [0.1, 0.15) is 66.7 Å². The van der Waals surface area contributed by atoms with Crippen LogP contribution in [0.5, 0.6) is 0 Å². The van der Waals surface area contributed by atoms with Crippen molar-refractivity contribution >= 4 is 5.97 Å². The third-order valence-corrected chi connectivity index (χ3v) is 4.74. The lowest BCUT2D eigenvalue weighted by atomic mass is 9.71. The number of carbonyl (C=O) groups is 1. The van der Waals surface area contributed by atoms with E-state index in [-0.39, 0.29) is 5.97 Å². The summed E-state index contributed by atoms with van der Waals surface area (Å²) in [5.74, 6) is -0.310. The van der Waals surface area contributed by atoms with Crippen molar-refractivity contribution in [2.45, 2.75) is 66.7 Å². The summed E-state index contributed by atoms with van der Waals surface area (Å²) in [5.41, 5.74) is 5.88. The van der Waals surface area contributed by atoms with Gasteiger partial charge in [0.15, 0.2) is 0 Å². The number of methoxy groups -OCH3 is 1. The fourth-order valence-electron chi connectivity index (χ4n) is 3.29. The van der Waals surface area contributed by atoms with E-state index in [0.717, 1.165) is 18.4 Å². The van der Waals surface area contributed by atoms with Gasteiger partial charge in [-0.3, -0.25) is 0 Å². The van der Waals surface area contributed by atoms with E-state index in [9.17, 15) is 4.79 Å². The molecule has 0 atom stereocenters. The molecule has 0 N–H and O–H groups in total. The molecule has 2 heteroatoms. The quantitative estimate of drug-likeness (QED) is 0.263. The van der Waals surface area contributed by atoms with Crippen LogP contribution >= 0.6 is 0 Å². The molecule has 0 saturated heterocycles. The number of allylic oxidation sites excluding steroid dienone is 7. The van der Waals surface area contributed by atoms with E-state index in [1.54, 1.807) is 11.1 Å². The van der Waals surface area contributed by atoms with E-state index >= 15 is 0 Å². The molecule has 0 spiro atoms. The fourth-order valence-corrected chi connectivity index (χ4v) is 3.29. The van der Waals surface area contributed by atoms with E-state index in [0.29, 0.717) is 5.41 Å². The Labute approximate surface area is 142 Å². The summed E-state index contributed by atoms with van der Waals surface area (Å²) in [6, 6.07) is 0. The van der Waals surface area contributed by atoms with Gasteiger partial charge in [0, 0.05) is 6.08 Å². The summed E-state index contributed by atoms with van der Waals surface area (Å²) in [7, 11) is 1.39. The highest BCUT2D eigenvalue weighted by Crippen LogP contribution is 2.42. The average molecular weight is 316 g/mol. The van der Waals surface area contributed by atoms with Gasteiger partial charge in [0.1, 0.15) is 0 Å². The molecule has 0 unspecified atom stereocenters. The van der Waals surface area contributed by atoms with E-state index in [4.69, 9.17) is 0 Å². The number of carbonyl (C=O) groups excluding carboxylic acids is 1. The van der Waals surface area contributed by atoms with Crippen molar-refractivity contribution in [3.05, 3.63) is 46.6 Å². The summed E-state index contributed by atoms with van der Waals surface area (Å²) < 4.78 is 4.61. The minimum absolute atomic E-state index is 0.310. The van der Waals surface area contributed by atoms with E-state index in [1.165, 1.54) is 38.0 Å². The van der Waals surface area contributed by atoms with Gasteiger partial charge in [-0.05, 0) is 63.9 Å². The molecular formula is C21H32O2. The molecular weight excluding hydrogens is 284 g/mol. The van der Waals surface area contributed by atoms with Crippen LogP contribution in [0.15, 0.2) is 46.6 Å². The lowest BCUT2D eigenvalue weighted by molar-refractivity contribution is -0.134. The molecule has 23 heavy (non-hydrogen) atoms. The van der Waals surface area contributed by atoms with Crippen molar-refractivity contribution in [2.75, 3.05) is 7.11 Å². The number of ether oxygens (including phenoxy) is 1. The van der Waals surface area contributed by atoms with Gasteiger partial charge in [-0.1, -0.05) is 48.8 Å². The van der Waals surface area contributed by atoms with Gasteiger partial charge in [0.25, 0.3) is 0 Å². The second-order valence-electron chi connectivity index (χ2n) is 7.28. The highest BCUT2D eigenvalue weighted by atomic mass is 16.5. The molecule has 1 aliphatic rings. The van der Waals surface area contributed by atoms with Gasteiger partial charge in [0.2, 0.25) is 0 Å². The lowest BCUT2D eigenvalue weighted by Gasteiger charge is -2.34. The zero-order valence-electron chi connectivity index (χ0n) is 15.7. The third kappa shape index (κ3) is 6.60. The highest BCUT2D eigenvalue weighted by Gasteiger charge is 2.27. The van der Waals surface area contributed by atoms with Crippen LogP contribution < -0.4 is 0 Å². The van der Waals surface area contributed by atoms with Crippen molar-refractivity contribution in [1.29, 1.82) is 0 Å². The molecule has 0 fully saturated rings. The van der Waals surface area contributed by atoms with Crippen molar-refractivity contribution in [1.82, 2.24) is 0 Å². The SMILES string of the molecule is COC(=O)\C=C(C)/C=C/C=C(\C)CCC1=C(C)CCCC1(C)C. The first-order valence-electron chi connectivity index (χ1n) is 8.55. The van der Waals surface area contributed by atoms with Crippen LogP contribution in [0, 0.1) is 5.41 Å². The summed E-state index contributed by atoms with van der Waals surface area (Å²) in [5, 5.41) is 0. The number of hydrogen-bond acceptors (Lipinski definition) is 2. The summed E-state index contributed by atoms with van der Waals surface area (Å²) >= 11 is 0. The standard InChI is InChI=1S/C21H32O2/c1-16(9-7-10-17(2)15-20(22)23-6)12-13-19-18(3)11-8-14-21(19,4)5/h7,9-10,15H,8,11-14H2,1-6H3/b10-7+,16-9+,17-15-. The molecule has 0 heterocycles. The summed E-state index contributed by atoms with van der Waals surface area (Å²) in [6.07, 6.45) is 13.7. The Hall–Kier alpha value is -1.57. The normalized spacial score (nSPS) is 19.4. The Morgan fingerprint density at radius 1 is 1.30 bits per heavy atom. The van der Waals surface area contributed by atoms with Crippen molar-refractivity contribution in [2.24, 2.45) is 5.41 Å². The molecule has 0 saturated carbocycles. The first-order valence-corrected chi connectivity index (χ1v) is 8.55. The van der Waals surface area contributed by atoms with Crippen LogP contribution in [0.4, 0.5) is 0 Å². The molecule has 0 aromatic heterocycles. The van der Waals surface area contributed by atoms with Crippen LogP contribution in [-0.2, 0) is 9.53 Å². The zero-order valence-corrected chi connectivity index (χ0v) is 15.7. The van der Waals surface area contributed by atoms with E-state index in [1.807, 2.05) is 19.1 Å². The predicted molar refractivity (Wildman–Crippen MR) is 98.2 cm³/mol. The minimum Gasteiger partial charge on any atom is -0.466 e.